The summed E-state index contributed by atoms with van der Waals surface area (Å²) < 4.78 is 17.5. The van der Waals surface area contributed by atoms with Crippen LogP contribution in [0.3, 0.4) is 0 Å². The zero-order chi connectivity index (χ0) is 23.6. The van der Waals surface area contributed by atoms with Crippen molar-refractivity contribution in [2.75, 3.05) is 12.3 Å². The zero-order valence-corrected chi connectivity index (χ0v) is 17.3. The smallest absolute Gasteiger partial charge is 0.308 e. The van der Waals surface area contributed by atoms with Crippen LogP contribution in [0.4, 0.5) is 5.95 Å². The first-order chi connectivity index (χ1) is 15.1. The Morgan fingerprint density at radius 1 is 1.34 bits per heavy atom. The Labute approximate surface area is 180 Å². The molecule has 1 saturated heterocycles. The summed E-state index contributed by atoms with van der Waals surface area (Å²) in [5.41, 5.74) is 4.94. The molecule has 4 atom stereocenters. The molecule has 1 fully saturated rings. The van der Waals surface area contributed by atoms with Gasteiger partial charge in [0.05, 0.1) is 25.1 Å². The fourth-order valence-electron chi connectivity index (χ4n) is 3.09. The van der Waals surface area contributed by atoms with E-state index < -0.39 is 66.8 Å². The third-order valence-corrected chi connectivity index (χ3v) is 4.71. The quantitative estimate of drug-likeness (QED) is 0.352. The van der Waals surface area contributed by atoms with Gasteiger partial charge in [-0.1, -0.05) is 13.8 Å². The van der Waals surface area contributed by atoms with Crippen LogP contribution >= 0.6 is 0 Å². The van der Waals surface area contributed by atoms with Crippen molar-refractivity contribution >= 4 is 35.0 Å². The summed E-state index contributed by atoms with van der Waals surface area (Å²) in [4.78, 5) is 57.0. The molecule has 0 saturated carbocycles. The molecule has 2 aromatic rings. The molecule has 0 aliphatic carbocycles. The highest BCUT2D eigenvalue weighted by Crippen LogP contribution is 2.34. The maximum absolute atomic E-state index is 12.1. The lowest BCUT2D eigenvalue weighted by molar-refractivity contribution is -0.160. The number of hydrogen-bond acceptors (Lipinski definition) is 11. The molecule has 5 N–H and O–H groups in total. The SMILES string of the molecule is CC(C)C(=O)OC[C@H]1O[C@@H](n2cnc3c(=O)[nH]c(N)nc32)[C@H](OC(=O)CCC(=O)O)[C@@H]1O. The van der Waals surface area contributed by atoms with Gasteiger partial charge in [0.15, 0.2) is 23.5 Å². The van der Waals surface area contributed by atoms with E-state index in [1.807, 2.05) is 0 Å². The van der Waals surface area contributed by atoms with Crippen LogP contribution < -0.4 is 11.3 Å². The van der Waals surface area contributed by atoms with Crippen LogP contribution in [0.2, 0.25) is 0 Å². The van der Waals surface area contributed by atoms with Gasteiger partial charge in [0, 0.05) is 0 Å². The van der Waals surface area contributed by atoms with E-state index in [1.165, 1.54) is 10.9 Å². The van der Waals surface area contributed by atoms with Crippen LogP contribution in [0.25, 0.3) is 11.2 Å². The van der Waals surface area contributed by atoms with E-state index in [2.05, 4.69) is 15.0 Å². The van der Waals surface area contributed by atoms with Gasteiger partial charge in [0.1, 0.15) is 18.8 Å². The molecule has 0 amide bonds. The Balaban J connectivity index is 1.90. The van der Waals surface area contributed by atoms with Crippen molar-refractivity contribution in [1.82, 2.24) is 19.5 Å². The summed E-state index contributed by atoms with van der Waals surface area (Å²) in [7, 11) is 0. The number of hydrogen-bond donors (Lipinski definition) is 4. The van der Waals surface area contributed by atoms with Crippen LogP contribution in [0, 0.1) is 5.92 Å². The summed E-state index contributed by atoms with van der Waals surface area (Å²) in [6, 6.07) is 0. The van der Waals surface area contributed by atoms with Crippen molar-refractivity contribution in [2.45, 2.75) is 51.2 Å². The van der Waals surface area contributed by atoms with Gasteiger partial charge in [-0.3, -0.25) is 28.7 Å². The number of carbonyl (C=O) groups excluding carboxylic acids is 2. The average molecular weight is 453 g/mol. The minimum atomic E-state index is -1.44. The number of aliphatic hydroxyl groups is 1. The predicted octanol–water partition coefficient (Wildman–Crippen LogP) is -1.06. The number of anilines is 1. The second-order valence-corrected chi connectivity index (χ2v) is 7.46. The van der Waals surface area contributed by atoms with Crippen LogP contribution in [-0.4, -0.2) is 72.6 Å². The largest absolute Gasteiger partial charge is 0.481 e. The Morgan fingerprint density at radius 3 is 2.72 bits per heavy atom. The van der Waals surface area contributed by atoms with Gasteiger partial charge < -0.3 is 30.2 Å². The molecule has 32 heavy (non-hydrogen) atoms. The normalized spacial score (nSPS) is 22.9. The van der Waals surface area contributed by atoms with E-state index in [-0.39, 0.29) is 23.7 Å². The first-order valence-electron chi connectivity index (χ1n) is 9.72. The lowest BCUT2D eigenvalue weighted by atomic mass is 10.1. The van der Waals surface area contributed by atoms with Crippen molar-refractivity contribution in [3.63, 3.8) is 0 Å². The number of aliphatic carboxylic acids is 1. The number of imidazole rings is 1. The van der Waals surface area contributed by atoms with Gasteiger partial charge in [-0.15, -0.1) is 0 Å². The molecule has 14 nitrogen and oxygen atoms in total. The Kier molecular flexibility index (Phi) is 6.74. The number of H-pyrrole nitrogens is 1. The molecular formula is C18H23N5O9. The number of rotatable bonds is 8. The standard InChI is InChI=1S/C18H23N5O9/c1-7(2)17(29)30-5-8-12(27)13(32-10(26)4-3-9(24)25)16(31-8)23-6-20-11-14(23)21-18(19)22-15(11)28/h6-8,12-13,16,27H,3-5H2,1-2H3,(H,24,25)(H3,19,21,22,28)/t8-,12-,13-,16-/m1/s1. The van der Waals surface area contributed by atoms with Crippen LogP contribution in [0.5, 0.6) is 0 Å². The molecule has 0 spiro atoms. The van der Waals surface area contributed by atoms with Crippen LogP contribution in [0.15, 0.2) is 11.1 Å². The lowest BCUT2D eigenvalue weighted by Crippen LogP contribution is -2.38. The highest BCUT2D eigenvalue weighted by atomic mass is 16.6. The molecule has 14 heteroatoms. The second kappa shape index (κ2) is 9.32. The average Bonchev–Trinajstić information content (AvgIpc) is 3.26. The highest BCUT2D eigenvalue weighted by molar-refractivity contribution is 5.76. The van der Waals surface area contributed by atoms with E-state index in [0.717, 1.165) is 0 Å². The van der Waals surface area contributed by atoms with E-state index in [4.69, 9.17) is 25.1 Å². The summed E-state index contributed by atoms with van der Waals surface area (Å²) in [5.74, 6) is -3.21. The number of aromatic amines is 1. The number of nitrogens with two attached hydrogens (primary N) is 1. The number of carboxylic acid groups (broad SMARTS) is 1. The van der Waals surface area contributed by atoms with E-state index in [1.54, 1.807) is 13.8 Å². The predicted molar refractivity (Wildman–Crippen MR) is 105 cm³/mol. The van der Waals surface area contributed by atoms with Gasteiger partial charge >= 0.3 is 17.9 Å². The number of aromatic nitrogens is 4. The summed E-state index contributed by atoms with van der Waals surface area (Å²) in [5, 5.41) is 19.5. The maximum Gasteiger partial charge on any atom is 0.308 e. The fraction of sp³-hybridized carbons (Fsp3) is 0.556. The van der Waals surface area contributed by atoms with Crippen molar-refractivity contribution in [3.8, 4) is 0 Å². The number of nitrogens with one attached hydrogen (secondary N) is 1. The van der Waals surface area contributed by atoms with Gasteiger partial charge in [0.25, 0.3) is 5.56 Å². The van der Waals surface area contributed by atoms with Gasteiger partial charge in [0.2, 0.25) is 5.95 Å². The number of fused-ring (bicyclic) bond motifs is 1. The molecule has 2 aromatic heterocycles. The van der Waals surface area contributed by atoms with E-state index >= 15 is 0 Å². The summed E-state index contributed by atoms with van der Waals surface area (Å²) >= 11 is 0. The minimum Gasteiger partial charge on any atom is -0.481 e. The third kappa shape index (κ3) is 4.86. The van der Waals surface area contributed by atoms with Gasteiger partial charge in [-0.25, -0.2) is 4.98 Å². The number of nitrogen functional groups attached to an aromatic ring is 1. The van der Waals surface area contributed by atoms with Crippen molar-refractivity contribution in [1.29, 1.82) is 0 Å². The Morgan fingerprint density at radius 2 is 2.06 bits per heavy atom. The molecule has 0 unspecified atom stereocenters. The molecule has 174 valence electrons. The topological polar surface area (TPSA) is 209 Å². The first kappa shape index (κ1) is 23.1. The molecule has 0 radical (unpaired) electrons. The minimum absolute atomic E-state index is 0.00913. The maximum atomic E-state index is 12.1. The van der Waals surface area contributed by atoms with Crippen LogP contribution in [0.1, 0.15) is 32.9 Å². The van der Waals surface area contributed by atoms with E-state index in [9.17, 15) is 24.3 Å². The Bertz CT molecular complexity index is 1080. The van der Waals surface area contributed by atoms with Crippen molar-refractivity contribution in [3.05, 3.63) is 16.7 Å². The molecule has 0 bridgehead atoms. The molecule has 3 heterocycles. The highest BCUT2D eigenvalue weighted by Gasteiger charge is 2.48. The van der Waals surface area contributed by atoms with Gasteiger partial charge in [-0.2, -0.15) is 4.98 Å². The molecule has 3 rings (SSSR count). The fourth-order valence-corrected chi connectivity index (χ4v) is 3.09. The summed E-state index contributed by atoms with van der Waals surface area (Å²) in [6.45, 7) is 2.94. The number of carbonyl (C=O) groups is 3. The molecule has 1 aliphatic heterocycles. The van der Waals surface area contributed by atoms with Gasteiger partial charge in [-0.05, 0) is 0 Å². The monoisotopic (exact) mass is 453 g/mol. The lowest BCUT2D eigenvalue weighted by Gasteiger charge is -2.21. The summed E-state index contributed by atoms with van der Waals surface area (Å²) in [6.07, 6.45) is -4.77. The van der Waals surface area contributed by atoms with Crippen molar-refractivity contribution in [2.24, 2.45) is 5.92 Å². The molecule has 0 aromatic carbocycles. The number of aliphatic hydroxyl groups excluding tert-OH is 1. The molecular weight excluding hydrogens is 430 g/mol. The number of esters is 2. The second-order valence-electron chi connectivity index (χ2n) is 7.46. The molecule has 1 aliphatic rings. The third-order valence-electron chi connectivity index (χ3n) is 4.71. The van der Waals surface area contributed by atoms with Crippen LogP contribution in [-0.2, 0) is 28.6 Å². The number of ether oxygens (including phenoxy) is 3. The van der Waals surface area contributed by atoms with E-state index in [0.29, 0.717) is 0 Å². The first-order valence-corrected chi connectivity index (χ1v) is 9.72. The number of nitrogens with zero attached hydrogens (tertiary/aromatic N) is 3. The Hall–Kier alpha value is -3.52. The number of carboxylic acids is 1. The van der Waals surface area contributed by atoms with Crippen molar-refractivity contribution < 1.29 is 38.8 Å². The zero-order valence-electron chi connectivity index (χ0n) is 17.3.